The molecule has 0 aromatic rings. The first-order chi connectivity index (χ1) is 6.87. The van der Waals surface area contributed by atoms with Crippen molar-refractivity contribution in [3.05, 3.63) is 0 Å². The molecule has 15 heavy (non-hydrogen) atoms. The number of ether oxygens (including phenoxy) is 1. The highest BCUT2D eigenvalue weighted by molar-refractivity contribution is 7.89. The first kappa shape index (κ1) is 14.3. The van der Waals surface area contributed by atoms with Crippen LogP contribution in [-0.2, 0) is 19.6 Å². The summed E-state index contributed by atoms with van der Waals surface area (Å²) in [6, 6.07) is 0. The molecule has 0 saturated carbocycles. The van der Waals surface area contributed by atoms with Crippen molar-refractivity contribution >= 4 is 16.0 Å². The zero-order valence-corrected chi connectivity index (χ0v) is 9.71. The molecule has 0 spiro atoms. The smallest absolute Gasteiger partial charge is 0.306 e. The fourth-order valence-electron chi connectivity index (χ4n) is 0.771. The van der Waals surface area contributed by atoms with Gasteiger partial charge in [0.1, 0.15) is 0 Å². The van der Waals surface area contributed by atoms with E-state index in [2.05, 4.69) is 9.46 Å². The largest absolute Gasteiger partial charge is 0.466 e. The number of hydrogen-bond acceptors (Lipinski definition) is 5. The van der Waals surface area contributed by atoms with E-state index in [1.165, 1.54) is 6.92 Å². The average Bonchev–Trinajstić information content (AvgIpc) is 2.13. The predicted octanol–water partition coefficient (Wildman–Crippen LogP) is -0.760. The fourth-order valence-corrected chi connectivity index (χ4v) is 1.85. The maximum atomic E-state index is 11.2. The Labute approximate surface area is 89.7 Å². The molecule has 0 amide bonds. The molecule has 0 aromatic heterocycles. The van der Waals surface area contributed by atoms with Crippen molar-refractivity contribution in [1.82, 2.24) is 4.72 Å². The number of carbonyl (C=O) groups is 1. The van der Waals surface area contributed by atoms with Crippen LogP contribution < -0.4 is 4.72 Å². The summed E-state index contributed by atoms with van der Waals surface area (Å²) in [5.41, 5.74) is 0. The Balaban J connectivity index is 3.89. The first-order valence-electron chi connectivity index (χ1n) is 4.68. The number of aliphatic hydroxyl groups is 1. The minimum absolute atomic E-state index is 0.0504. The lowest BCUT2D eigenvalue weighted by Crippen LogP contribution is -2.33. The van der Waals surface area contributed by atoms with Gasteiger partial charge in [-0.1, -0.05) is 0 Å². The van der Waals surface area contributed by atoms with E-state index in [1.54, 1.807) is 6.92 Å². The number of nitrogens with one attached hydrogen (secondary N) is 1. The van der Waals surface area contributed by atoms with Crippen LogP contribution in [0.4, 0.5) is 0 Å². The second-order valence-electron chi connectivity index (χ2n) is 3.07. The third-order valence-corrected chi connectivity index (χ3v) is 2.83. The topological polar surface area (TPSA) is 92.7 Å². The van der Waals surface area contributed by atoms with Crippen molar-refractivity contribution in [2.45, 2.75) is 26.4 Å². The minimum atomic E-state index is -3.50. The summed E-state index contributed by atoms with van der Waals surface area (Å²) < 4.78 is 29.2. The van der Waals surface area contributed by atoms with Gasteiger partial charge in [0.05, 0.1) is 24.9 Å². The van der Waals surface area contributed by atoms with Gasteiger partial charge < -0.3 is 9.84 Å². The van der Waals surface area contributed by atoms with Crippen molar-refractivity contribution in [2.24, 2.45) is 0 Å². The van der Waals surface area contributed by atoms with Gasteiger partial charge in [0.2, 0.25) is 10.0 Å². The molecule has 1 atom stereocenters. The Morgan fingerprint density at radius 2 is 2.13 bits per heavy atom. The van der Waals surface area contributed by atoms with Crippen LogP contribution in [0.15, 0.2) is 0 Å². The van der Waals surface area contributed by atoms with Crippen molar-refractivity contribution in [1.29, 1.82) is 0 Å². The third kappa shape index (κ3) is 8.34. The molecule has 0 fully saturated rings. The Kier molecular flexibility index (Phi) is 6.46. The van der Waals surface area contributed by atoms with Crippen molar-refractivity contribution in [3.63, 3.8) is 0 Å². The quantitative estimate of drug-likeness (QED) is 0.570. The van der Waals surface area contributed by atoms with Crippen LogP contribution in [0.3, 0.4) is 0 Å². The number of sulfonamides is 1. The van der Waals surface area contributed by atoms with Crippen LogP contribution in [0.2, 0.25) is 0 Å². The van der Waals surface area contributed by atoms with E-state index in [9.17, 15) is 13.2 Å². The normalized spacial score (nSPS) is 13.5. The summed E-state index contributed by atoms with van der Waals surface area (Å²) in [6.45, 7) is 3.30. The highest BCUT2D eigenvalue weighted by Gasteiger charge is 2.14. The molecule has 0 rings (SSSR count). The number of carbonyl (C=O) groups excluding carboxylic acids is 1. The average molecular weight is 239 g/mol. The lowest BCUT2D eigenvalue weighted by molar-refractivity contribution is -0.142. The monoisotopic (exact) mass is 239 g/mol. The van der Waals surface area contributed by atoms with E-state index in [1.807, 2.05) is 0 Å². The van der Waals surface area contributed by atoms with Crippen LogP contribution in [0.5, 0.6) is 0 Å². The molecule has 0 aliphatic rings. The molecule has 7 heteroatoms. The Morgan fingerprint density at radius 1 is 1.53 bits per heavy atom. The first-order valence-corrected chi connectivity index (χ1v) is 6.33. The molecule has 1 unspecified atom stereocenters. The van der Waals surface area contributed by atoms with E-state index in [4.69, 9.17) is 5.11 Å². The van der Waals surface area contributed by atoms with Gasteiger partial charge >= 0.3 is 5.97 Å². The summed E-state index contributed by atoms with van der Waals surface area (Å²) in [5.74, 6) is -0.863. The standard InChI is InChI=1S/C8H17NO5S/c1-3-14-8(11)4-5-15(12,13)9-6-7(2)10/h7,9-10H,3-6H2,1-2H3. The van der Waals surface area contributed by atoms with E-state index < -0.39 is 22.1 Å². The molecule has 90 valence electrons. The van der Waals surface area contributed by atoms with Crippen LogP contribution in [0, 0.1) is 0 Å². The minimum Gasteiger partial charge on any atom is -0.466 e. The van der Waals surface area contributed by atoms with Crippen LogP contribution >= 0.6 is 0 Å². The summed E-state index contributed by atoms with van der Waals surface area (Å²) in [5, 5.41) is 8.86. The van der Waals surface area contributed by atoms with Gasteiger partial charge in [0.25, 0.3) is 0 Å². The van der Waals surface area contributed by atoms with Crippen LogP contribution in [-0.4, -0.2) is 44.5 Å². The molecule has 0 aliphatic carbocycles. The van der Waals surface area contributed by atoms with Crippen LogP contribution in [0.25, 0.3) is 0 Å². The Hall–Kier alpha value is -0.660. The molecule has 0 heterocycles. The zero-order valence-electron chi connectivity index (χ0n) is 8.89. The predicted molar refractivity (Wildman–Crippen MR) is 54.7 cm³/mol. The van der Waals surface area contributed by atoms with Gasteiger partial charge in [-0.05, 0) is 13.8 Å². The van der Waals surface area contributed by atoms with Crippen molar-refractivity contribution in [2.75, 3.05) is 18.9 Å². The van der Waals surface area contributed by atoms with Gasteiger partial charge in [0.15, 0.2) is 0 Å². The second-order valence-corrected chi connectivity index (χ2v) is 5.00. The Morgan fingerprint density at radius 3 is 2.60 bits per heavy atom. The van der Waals surface area contributed by atoms with Gasteiger partial charge in [-0.2, -0.15) is 0 Å². The fraction of sp³-hybridized carbons (Fsp3) is 0.875. The molecule has 6 nitrogen and oxygen atoms in total. The number of rotatable bonds is 7. The molecular weight excluding hydrogens is 222 g/mol. The molecule has 0 aromatic carbocycles. The highest BCUT2D eigenvalue weighted by Crippen LogP contribution is 1.93. The van der Waals surface area contributed by atoms with E-state index in [0.29, 0.717) is 0 Å². The Bertz CT molecular complexity index is 285. The number of esters is 1. The molecular formula is C8H17NO5S. The highest BCUT2D eigenvalue weighted by atomic mass is 32.2. The van der Waals surface area contributed by atoms with Crippen molar-refractivity contribution < 1.29 is 23.1 Å². The third-order valence-electron chi connectivity index (χ3n) is 1.48. The van der Waals surface area contributed by atoms with E-state index in [-0.39, 0.29) is 25.3 Å². The molecule has 2 N–H and O–H groups in total. The van der Waals surface area contributed by atoms with E-state index >= 15 is 0 Å². The van der Waals surface area contributed by atoms with Gasteiger partial charge in [-0.15, -0.1) is 0 Å². The number of hydrogen-bond donors (Lipinski definition) is 2. The SMILES string of the molecule is CCOC(=O)CCS(=O)(=O)NCC(C)O. The van der Waals surface area contributed by atoms with Gasteiger partial charge in [-0.3, -0.25) is 4.79 Å². The lowest BCUT2D eigenvalue weighted by Gasteiger charge is -2.07. The summed E-state index contributed by atoms with van der Waals surface area (Å²) in [4.78, 5) is 10.9. The molecule has 0 aliphatic heterocycles. The molecule has 0 radical (unpaired) electrons. The molecule has 0 saturated heterocycles. The molecule has 0 bridgehead atoms. The summed E-state index contributed by atoms with van der Waals surface area (Å²) in [7, 11) is -3.50. The van der Waals surface area contributed by atoms with E-state index in [0.717, 1.165) is 0 Å². The maximum absolute atomic E-state index is 11.2. The summed E-state index contributed by atoms with van der Waals surface area (Å²) >= 11 is 0. The summed E-state index contributed by atoms with van der Waals surface area (Å²) in [6.07, 6.45) is -0.925. The second kappa shape index (κ2) is 6.76. The van der Waals surface area contributed by atoms with Crippen molar-refractivity contribution in [3.8, 4) is 0 Å². The maximum Gasteiger partial charge on any atom is 0.306 e. The van der Waals surface area contributed by atoms with Gasteiger partial charge in [-0.25, -0.2) is 13.1 Å². The number of aliphatic hydroxyl groups excluding tert-OH is 1. The van der Waals surface area contributed by atoms with Gasteiger partial charge in [0, 0.05) is 6.54 Å². The zero-order chi connectivity index (χ0) is 11.9. The van der Waals surface area contributed by atoms with Crippen LogP contribution in [0.1, 0.15) is 20.3 Å². The lowest BCUT2D eigenvalue weighted by atomic mass is 10.4.